The lowest BCUT2D eigenvalue weighted by Crippen LogP contribution is -2.26. The number of halogens is 1. The van der Waals surface area contributed by atoms with Gasteiger partial charge in [-0.25, -0.2) is 4.98 Å². The van der Waals surface area contributed by atoms with Crippen molar-refractivity contribution >= 4 is 26.8 Å². The molecule has 0 N–H and O–H groups in total. The molecule has 0 unspecified atom stereocenters. The third kappa shape index (κ3) is 6.00. The van der Waals surface area contributed by atoms with Crippen molar-refractivity contribution in [1.29, 1.82) is 0 Å². The van der Waals surface area contributed by atoms with E-state index in [-0.39, 0.29) is 11.0 Å². The van der Waals surface area contributed by atoms with Crippen molar-refractivity contribution in [3.63, 3.8) is 0 Å². The van der Waals surface area contributed by atoms with E-state index in [2.05, 4.69) is 48.8 Å². The summed E-state index contributed by atoms with van der Waals surface area (Å²) >= 11 is 3.47. The molecule has 0 radical (unpaired) electrons. The van der Waals surface area contributed by atoms with E-state index in [1.54, 1.807) is 4.57 Å². The van der Waals surface area contributed by atoms with Crippen LogP contribution in [0.1, 0.15) is 32.8 Å². The van der Waals surface area contributed by atoms with Gasteiger partial charge in [-0.15, -0.1) is 0 Å². The van der Waals surface area contributed by atoms with E-state index in [1.807, 2.05) is 60.7 Å². The van der Waals surface area contributed by atoms with Crippen molar-refractivity contribution in [1.82, 2.24) is 9.55 Å². The predicted molar refractivity (Wildman–Crippen MR) is 145 cm³/mol. The summed E-state index contributed by atoms with van der Waals surface area (Å²) < 4.78 is 14.3. The van der Waals surface area contributed by atoms with Crippen molar-refractivity contribution in [2.45, 2.75) is 39.2 Å². The second-order valence-electron chi connectivity index (χ2n) is 9.14. The standard InChI is InChI=1S/C29H31BrN2O3/c1-4-29(2,3)22-11-15-24(16-12-22)35-20-19-34-18-17-32-27(21-9-13-23(30)14-10-21)31-26-8-6-5-7-25(26)28(32)33/h5-16H,4,17-20H2,1-3H3. The lowest BCUT2D eigenvalue weighted by atomic mass is 9.82. The number of fused-ring (bicyclic) bond motifs is 1. The molecule has 0 aliphatic heterocycles. The predicted octanol–water partition coefficient (Wildman–Crippen LogP) is 6.61. The molecule has 0 fully saturated rings. The first-order valence-electron chi connectivity index (χ1n) is 12.0. The van der Waals surface area contributed by atoms with Crippen LogP contribution in [0.15, 0.2) is 82.1 Å². The Labute approximate surface area is 214 Å². The molecule has 5 nitrogen and oxygen atoms in total. The van der Waals surface area contributed by atoms with Gasteiger partial charge in [0.1, 0.15) is 18.2 Å². The highest BCUT2D eigenvalue weighted by atomic mass is 79.9. The van der Waals surface area contributed by atoms with Gasteiger partial charge in [-0.05, 0) is 53.8 Å². The Morgan fingerprint density at radius 3 is 2.34 bits per heavy atom. The van der Waals surface area contributed by atoms with Gasteiger partial charge in [0.05, 0.1) is 30.7 Å². The molecule has 4 aromatic rings. The van der Waals surface area contributed by atoms with Crippen LogP contribution in [-0.4, -0.2) is 29.4 Å². The maximum Gasteiger partial charge on any atom is 0.261 e. The van der Waals surface area contributed by atoms with E-state index in [9.17, 15) is 4.79 Å². The first-order valence-corrected chi connectivity index (χ1v) is 12.7. The van der Waals surface area contributed by atoms with Crippen molar-refractivity contribution in [2.24, 2.45) is 0 Å². The van der Waals surface area contributed by atoms with Crippen LogP contribution in [0.25, 0.3) is 22.3 Å². The van der Waals surface area contributed by atoms with Crippen LogP contribution < -0.4 is 10.3 Å². The van der Waals surface area contributed by atoms with Gasteiger partial charge in [0.15, 0.2) is 0 Å². The molecule has 0 bridgehead atoms. The van der Waals surface area contributed by atoms with Crippen molar-refractivity contribution < 1.29 is 9.47 Å². The molecule has 182 valence electrons. The minimum Gasteiger partial charge on any atom is -0.491 e. The van der Waals surface area contributed by atoms with Gasteiger partial charge >= 0.3 is 0 Å². The van der Waals surface area contributed by atoms with Crippen LogP contribution in [0.4, 0.5) is 0 Å². The van der Waals surface area contributed by atoms with Crippen molar-refractivity contribution in [2.75, 3.05) is 19.8 Å². The fraction of sp³-hybridized carbons (Fsp3) is 0.310. The number of aromatic nitrogens is 2. The van der Waals surface area contributed by atoms with E-state index in [1.165, 1.54) is 5.56 Å². The lowest BCUT2D eigenvalue weighted by molar-refractivity contribution is 0.0940. The zero-order chi connectivity index (χ0) is 24.8. The zero-order valence-corrected chi connectivity index (χ0v) is 22.0. The summed E-state index contributed by atoms with van der Waals surface area (Å²) in [7, 11) is 0. The van der Waals surface area contributed by atoms with Crippen LogP contribution in [0.5, 0.6) is 5.75 Å². The van der Waals surface area contributed by atoms with Gasteiger partial charge in [0.25, 0.3) is 5.56 Å². The molecule has 0 spiro atoms. The number of hydrogen-bond donors (Lipinski definition) is 0. The molecule has 6 heteroatoms. The molecular formula is C29H31BrN2O3. The number of benzene rings is 3. The third-order valence-corrected chi connectivity index (χ3v) is 6.97. The normalized spacial score (nSPS) is 11.7. The minimum atomic E-state index is -0.0662. The fourth-order valence-corrected chi connectivity index (χ4v) is 4.14. The molecule has 0 aliphatic rings. The maximum absolute atomic E-state index is 13.2. The number of rotatable bonds is 10. The van der Waals surface area contributed by atoms with E-state index < -0.39 is 0 Å². The number of nitrogens with zero attached hydrogens (tertiary/aromatic N) is 2. The molecule has 1 aromatic heterocycles. The molecule has 35 heavy (non-hydrogen) atoms. The van der Waals surface area contributed by atoms with Gasteiger partial charge in [-0.2, -0.15) is 0 Å². The van der Waals surface area contributed by atoms with E-state index in [0.29, 0.717) is 43.1 Å². The summed E-state index contributed by atoms with van der Waals surface area (Å²) in [6, 6.07) is 23.5. The number of ether oxygens (including phenoxy) is 2. The largest absolute Gasteiger partial charge is 0.491 e. The molecule has 0 aliphatic carbocycles. The number of hydrogen-bond acceptors (Lipinski definition) is 4. The highest BCUT2D eigenvalue weighted by Gasteiger charge is 2.17. The van der Waals surface area contributed by atoms with Crippen LogP contribution in [0.2, 0.25) is 0 Å². The van der Waals surface area contributed by atoms with Gasteiger partial charge in [-0.1, -0.05) is 73.1 Å². The molecule has 0 saturated carbocycles. The monoisotopic (exact) mass is 534 g/mol. The Hall–Kier alpha value is -2.96. The second-order valence-corrected chi connectivity index (χ2v) is 10.1. The fourth-order valence-electron chi connectivity index (χ4n) is 3.88. The molecule has 4 rings (SSSR count). The summed E-state index contributed by atoms with van der Waals surface area (Å²) in [5.74, 6) is 1.47. The molecule has 0 atom stereocenters. The Kier molecular flexibility index (Phi) is 8.04. The first kappa shape index (κ1) is 25.1. The van der Waals surface area contributed by atoms with Gasteiger partial charge in [-0.3, -0.25) is 9.36 Å². The average molecular weight is 535 g/mol. The summed E-state index contributed by atoms with van der Waals surface area (Å²) in [6.45, 7) is 8.36. The molecule has 0 amide bonds. The topological polar surface area (TPSA) is 53.4 Å². The van der Waals surface area contributed by atoms with E-state index in [4.69, 9.17) is 14.5 Å². The van der Waals surface area contributed by atoms with E-state index in [0.717, 1.165) is 22.2 Å². The lowest BCUT2D eigenvalue weighted by Gasteiger charge is -2.23. The summed E-state index contributed by atoms with van der Waals surface area (Å²) in [4.78, 5) is 18.0. The quantitative estimate of drug-likeness (QED) is 0.215. The Morgan fingerprint density at radius 2 is 1.63 bits per heavy atom. The Morgan fingerprint density at radius 1 is 0.914 bits per heavy atom. The zero-order valence-electron chi connectivity index (χ0n) is 20.5. The van der Waals surface area contributed by atoms with E-state index >= 15 is 0 Å². The molecule has 0 saturated heterocycles. The SMILES string of the molecule is CCC(C)(C)c1ccc(OCCOCCn2c(-c3ccc(Br)cc3)nc3ccccc3c2=O)cc1. The van der Waals surface area contributed by atoms with Gasteiger partial charge in [0, 0.05) is 10.0 Å². The molecule has 1 heterocycles. The van der Waals surface area contributed by atoms with Crippen LogP contribution in [0.3, 0.4) is 0 Å². The number of para-hydroxylation sites is 1. The Balaban J connectivity index is 1.38. The summed E-state index contributed by atoms with van der Waals surface area (Å²) in [5.41, 5.74) is 2.97. The third-order valence-electron chi connectivity index (χ3n) is 6.44. The Bertz CT molecular complexity index is 1330. The maximum atomic E-state index is 13.2. The second kappa shape index (κ2) is 11.2. The van der Waals surface area contributed by atoms with Gasteiger partial charge < -0.3 is 9.47 Å². The first-order chi connectivity index (χ1) is 16.9. The van der Waals surface area contributed by atoms with Crippen molar-refractivity contribution in [3.05, 3.63) is 93.2 Å². The highest BCUT2D eigenvalue weighted by Crippen LogP contribution is 2.28. The van der Waals surface area contributed by atoms with Gasteiger partial charge in [0.2, 0.25) is 0 Å². The summed E-state index contributed by atoms with van der Waals surface area (Å²) in [5, 5.41) is 0.603. The minimum absolute atomic E-state index is 0.0662. The molecular weight excluding hydrogens is 504 g/mol. The average Bonchev–Trinajstić information content (AvgIpc) is 2.88. The highest BCUT2D eigenvalue weighted by molar-refractivity contribution is 9.10. The smallest absolute Gasteiger partial charge is 0.261 e. The van der Waals surface area contributed by atoms with Crippen LogP contribution in [0, 0.1) is 0 Å². The van der Waals surface area contributed by atoms with Crippen LogP contribution in [-0.2, 0) is 16.7 Å². The summed E-state index contributed by atoms with van der Waals surface area (Å²) in [6.07, 6.45) is 1.08. The van der Waals surface area contributed by atoms with Crippen LogP contribution >= 0.6 is 15.9 Å². The van der Waals surface area contributed by atoms with Crippen molar-refractivity contribution in [3.8, 4) is 17.1 Å². The molecule has 3 aromatic carbocycles.